The van der Waals surface area contributed by atoms with Crippen molar-refractivity contribution in [1.29, 1.82) is 0 Å². The molecule has 0 aliphatic rings. The number of amides is 1. The maximum absolute atomic E-state index is 13.2. The largest absolute Gasteiger partial charge is 0.346 e. The molecule has 5 nitrogen and oxygen atoms in total. The summed E-state index contributed by atoms with van der Waals surface area (Å²) in [5, 5.41) is 13.2. The molecule has 4 rings (SSSR count). The van der Waals surface area contributed by atoms with Gasteiger partial charge in [-0.2, -0.15) is 0 Å². The minimum absolute atomic E-state index is 0.143. The van der Waals surface area contributed by atoms with E-state index in [0.717, 1.165) is 22.6 Å². The Morgan fingerprint density at radius 1 is 1.06 bits per heavy atom. The van der Waals surface area contributed by atoms with E-state index < -0.39 is 6.04 Å². The van der Waals surface area contributed by atoms with E-state index in [1.807, 2.05) is 54.8 Å². The number of halogens is 2. The first-order valence-corrected chi connectivity index (χ1v) is 12.2. The van der Waals surface area contributed by atoms with Crippen LogP contribution in [0.15, 0.2) is 78.0 Å². The first-order chi connectivity index (χ1) is 16.4. The van der Waals surface area contributed by atoms with Gasteiger partial charge in [0.05, 0.1) is 18.2 Å². The van der Waals surface area contributed by atoms with Crippen molar-refractivity contribution in [3.05, 3.63) is 106 Å². The van der Waals surface area contributed by atoms with Gasteiger partial charge in [0.1, 0.15) is 5.82 Å². The van der Waals surface area contributed by atoms with Crippen molar-refractivity contribution in [2.24, 2.45) is 0 Å². The number of hydrogen-bond acceptors (Lipinski definition) is 4. The van der Waals surface area contributed by atoms with Gasteiger partial charge in [0.25, 0.3) is 0 Å². The van der Waals surface area contributed by atoms with Crippen LogP contribution in [-0.4, -0.2) is 20.7 Å². The third-order valence-electron chi connectivity index (χ3n) is 5.32. The van der Waals surface area contributed by atoms with Gasteiger partial charge in [0.2, 0.25) is 5.91 Å². The first-order valence-electron chi connectivity index (χ1n) is 10.8. The standard InChI is InChI=1S/C26H24ClFN4OS/c1-17-8-11-21(27)15-23(17)32-25(30-31-26(32)34-16-20-6-4-3-5-7-20)18(2)29-24(33)14-19-9-12-22(28)13-10-19/h3-13,15,18H,14,16H2,1-2H3,(H,29,33). The van der Waals surface area contributed by atoms with E-state index in [1.54, 1.807) is 23.9 Å². The van der Waals surface area contributed by atoms with Crippen LogP contribution >= 0.6 is 23.4 Å². The van der Waals surface area contributed by atoms with E-state index in [4.69, 9.17) is 11.6 Å². The number of nitrogens with zero attached hydrogens (tertiary/aromatic N) is 3. The molecule has 1 atom stereocenters. The van der Waals surface area contributed by atoms with Gasteiger partial charge in [-0.05, 0) is 54.8 Å². The van der Waals surface area contributed by atoms with Gasteiger partial charge in [-0.15, -0.1) is 10.2 Å². The Balaban J connectivity index is 1.60. The maximum atomic E-state index is 13.2. The van der Waals surface area contributed by atoms with Gasteiger partial charge in [0.15, 0.2) is 11.0 Å². The average Bonchev–Trinajstić information content (AvgIpc) is 3.25. The highest BCUT2D eigenvalue weighted by Crippen LogP contribution is 2.30. The lowest BCUT2D eigenvalue weighted by Crippen LogP contribution is -2.30. The Bertz CT molecular complexity index is 1280. The average molecular weight is 495 g/mol. The van der Waals surface area contributed by atoms with Crippen molar-refractivity contribution >= 4 is 29.3 Å². The van der Waals surface area contributed by atoms with Crippen molar-refractivity contribution in [2.75, 3.05) is 0 Å². The summed E-state index contributed by atoms with van der Waals surface area (Å²) < 4.78 is 15.1. The summed E-state index contributed by atoms with van der Waals surface area (Å²) in [6.07, 6.45) is 0.143. The van der Waals surface area contributed by atoms with Gasteiger partial charge in [-0.25, -0.2) is 4.39 Å². The number of benzene rings is 3. The third-order valence-corrected chi connectivity index (χ3v) is 6.56. The molecule has 0 aliphatic carbocycles. The number of hydrogen-bond donors (Lipinski definition) is 1. The number of aryl methyl sites for hydroxylation is 1. The topological polar surface area (TPSA) is 59.8 Å². The van der Waals surface area contributed by atoms with Crippen LogP contribution in [0.3, 0.4) is 0 Å². The predicted octanol–water partition coefficient (Wildman–Crippen LogP) is 6.08. The van der Waals surface area contributed by atoms with Crippen LogP contribution in [0, 0.1) is 12.7 Å². The Morgan fingerprint density at radius 3 is 2.53 bits per heavy atom. The molecule has 174 valence electrons. The molecule has 3 aromatic carbocycles. The summed E-state index contributed by atoms with van der Waals surface area (Å²) in [4.78, 5) is 12.7. The summed E-state index contributed by atoms with van der Waals surface area (Å²) in [5.41, 5.74) is 3.78. The molecular formula is C26H24ClFN4OS. The molecular weight excluding hydrogens is 471 g/mol. The molecule has 0 bridgehead atoms. The molecule has 1 amide bonds. The molecule has 1 N–H and O–H groups in total. The van der Waals surface area contributed by atoms with Gasteiger partial charge in [-0.1, -0.05) is 71.9 Å². The molecule has 8 heteroatoms. The van der Waals surface area contributed by atoms with Crippen molar-refractivity contribution in [1.82, 2.24) is 20.1 Å². The normalized spacial score (nSPS) is 11.9. The summed E-state index contributed by atoms with van der Waals surface area (Å²) in [7, 11) is 0. The number of thioether (sulfide) groups is 1. The zero-order valence-corrected chi connectivity index (χ0v) is 20.4. The zero-order chi connectivity index (χ0) is 24.1. The number of carbonyl (C=O) groups is 1. The highest BCUT2D eigenvalue weighted by Gasteiger charge is 2.22. The summed E-state index contributed by atoms with van der Waals surface area (Å²) in [6, 6.07) is 21.3. The molecule has 0 aliphatic heterocycles. The molecule has 1 unspecified atom stereocenters. The lowest BCUT2D eigenvalue weighted by molar-refractivity contribution is -0.121. The van der Waals surface area contributed by atoms with E-state index >= 15 is 0 Å². The molecule has 0 saturated carbocycles. The smallest absolute Gasteiger partial charge is 0.224 e. The maximum Gasteiger partial charge on any atom is 0.224 e. The summed E-state index contributed by atoms with van der Waals surface area (Å²) >= 11 is 7.89. The molecule has 0 spiro atoms. The number of carbonyl (C=O) groups excluding carboxylic acids is 1. The highest BCUT2D eigenvalue weighted by molar-refractivity contribution is 7.98. The number of aromatic nitrogens is 3. The van der Waals surface area contributed by atoms with Crippen LogP contribution in [0.4, 0.5) is 4.39 Å². The van der Waals surface area contributed by atoms with Crippen molar-refractivity contribution in [3.8, 4) is 5.69 Å². The van der Waals surface area contributed by atoms with E-state index in [1.165, 1.54) is 17.7 Å². The van der Waals surface area contributed by atoms with Gasteiger partial charge >= 0.3 is 0 Å². The second kappa shape index (κ2) is 10.8. The Morgan fingerprint density at radius 2 is 1.79 bits per heavy atom. The Kier molecular flexibility index (Phi) is 7.65. The van der Waals surface area contributed by atoms with Crippen molar-refractivity contribution in [3.63, 3.8) is 0 Å². The van der Waals surface area contributed by atoms with Crippen LogP contribution in [0.5, 0.6) is 0 Å². The Labute approximate surface area is 207 Å². The first kappa shape index (κ1) is 24.0. The quantitative estimate of drug-likeness (QED) is 0.301. The van der Waals surface area contributed by atoms with Crippen LogP contribution in [0.2, 0.25) is 5.02 Å². The van der Waals surface area contributed by atoms with Crippen LogP contribution < -0.4 is 5.32 Å². The molecule has 4 aromatic rings. The minimum atomic E-state index is -0.412. The Hall–Kier alpha value is -3.16. The molecule has 0 saturated heterocycles. The fraction of sp³-hybridized carbons (Fsp3) is 0.192. The van der Waals surface area contributed by atoms with Gasteiger partial charge < -0.3 is 5.32 Å². The van der Waals surface area contributed by atoms with E-state index in [-0.39, 0.29) is 18.1 Å². The second-order valence-corrected chi connectivity index (χ2v) is 9.35. The lowest BCUT2D eigenvalue weighted by Gasteiger charge is -2.18. The second-order valence-electron chi connectivity index (χ2n) is 7.97. The highest BCUT2D eigenvalue weighted by atomic mass is 35.5. The monoisotopic (exact) mass is 494 g/mol. The minimum Gasteiger partial charge on any atom is -0.346 e. The summed E-state index contributed by atoms with van der Waals surface area (Å²) in [5.74, 6) is 0.815. The fourth-order valence-electron chi connectivity index (χ4n) is 3.57. The van der Waals surface area contributed by atoms with Crippen LogP contribution in [-0.2, 0) is 17.0 Å². The van der Waals surface area contributed by atoms with Crippen LogP contribution in [0.1, 0.15) is 35.5 Å². The number of rotatable bonds is 8. The van der Waals surface area contributed by atoms with E-state index in [2.05, 4.69) is 27.6 Å². The zero-order valence-electron chi connectivity index (χ0n) is 18.8. The molecule has 34 heavy (non-hydrogen) atoms. The van der Waals surface area contributed by atoms with Crippen molar-refractivity contribution in [2.45, 2.75) is 37.2 Å². The van der Waals surface area contributed by atoms with Gasteiger partial charge in [0, 0.05) is 10.8 Å². The third kappa shape index (κ3) is 5.85. The van der Waals surface area contributed by atoms with E-state index in [0.29, 0.717) is 16.0 Å². The molecule has 1 heterocycles. The van der Waals surface area contributed by atoms with E-state index in [9.17, 15) is 9.18 Å². The van der Waals surface area contributed by atoms with Crippen LogP contribution in [0.25, 0.3) is 5.69 Å². The molecule has 0 fully saturated rings. The molecule has 0 radical (unpaired) electrons. The number of nitrogens with one attached hydrogen (secondary N) is 1. The molecule has 1 aromatic heterocycles. The van der Waals surface area contributed by atoms with Crippen molar-refractivity contribution < 1.29 is 9.18 Å². The lowest BCUT2D eigenvalue weighted by atomic mass is 10.1. The fourth-order valence-corrected chi connectivity index (χ4v) is 4.65. The SMILES string of the molecule is Cc1ccc(Cl)cc1-n1c(SCc2ccccc2)nnc1C(C)NC(=O)Cc1ccc(F)cc1. The predicted molar refractivity (Wildman–Crippen MR) is 134 cm³/mol. The van der Waals surface area contributed by atoms with Gasteiger partial charge in [-0.3, -0.25) is 9.36 Å². The summed E-state index contributed by atoms with van der Waals surface area (Å²) in [6.45, 7) is 3.87.